The largest absolute Gasteiger partial charge is 0.480 e. The second-order valence-corrected chi connectivity index (χ2v) is 1.82. The second-order valence-electron chi connectivity index (χ2n) is 1.82. The van der Waals surface area contributed by atoms with E-state index in [2.05, 4.69) is 4.99 Å². The van der Waals surface area contributed by atoms with Crippen LogP contribution in [0.25, 0.3) is 0 Å². The molecule has 0 fully saturated rings. The van der Waals surface area contributed by atoms with Gasteiger partial charge in [0.1, 0.15) is 6.02 Å². The van der Waals surface area contributed by atoms with Crippen molar-refractivity contribution in [2.24, 2.45) is 22.2 Å². The predicted molar refractivity (Wildman–Crippen MR) is 45.5 cm³/mol. The van der Waals surface area contributed by atoms with Gasteiger partial charge in [-0.15, -0.1) is 0 Å². The van der Waals surface area contributed by atoms with E-state index in [9.17, 15) is 4.79 Å². The maximum atomic E-state index is 10.5. The first-order valence-electron chi connectivity index (χ1n) is 5.21. The third kappa shape index (κ3) is 5.48. The Bertz CT molecular complexity index is 294. The highest BCUT2D eigenvalue weighted by Gasteiger charge is 2.09. The zero-order valence-electron chi connectivity index (χ0n) is 10.3. The molecule has 0 radical (unpaired) electrons. The highest BCUT2D eigenvalue weighted by molar-refractivity contribution is 5.75. The van der Waals surface area contributed by atoms with Gasteiger partial charge in [0.15, 0.2) is 5.96 Å². The maximum absolute atomic E-state index is 10.5. The van der Waals surface area contributed by atoms with E-state index in [-0.39, 0.29) is 0 Å². The van der Waals surface area contributed by atoms with Crippen LogP contribution in [-0.2, 0) is 4.79 Å². The fraction of sp³-hybridized carbons (Fsp3) is 0.667. The van der Waals surface area contributed by atoms with Crippen molar-refractivity contribution in [3.8, 4) is 0 Å². The Labute approximate surface area is 76.1 Å². The fourth-order valence-corrected chi connectivity index (χ4v) is 0.347. The number of nitrogens with two attached hydrogens (primary N) is 3. The predicted octanol–water partition coefficient (Wildman–Crippen LogP) is -1.55. The molecular weight excluding hydrogens is 160 g/mol. The van der Waals surface area contributed by atoms with E-state index in [4.69, 9.17) is 27.8 Å². The molecule has 0 aromatic carbocycles. The van der Waals surface area contributed by atoms with E-state index in [1.807, 2.05) is 0 Å². The maximum Gasteiger partial charge on any atom is 0.320 e. The van der Waals surface area contributed by atoms with Crippen LogP contribution in [-0.4, -0.2) is 29.6 Å². The zero-order chi connectivity index (χ0) is 13.1. The number of carboxylic acid groups (broad SMARTS) is 1. The average Bonchev–Trinajstić information content (AvgIpc) is 2.13. The molecule has 7 N–H and O–H groups in total. The van der Waals surface area contributed by atoms with Gasteiger partial charge >= 0.3 is 5.97 Å². The third-order valence-corrected chi connectivity index (χ3v) is 0.832. The molecule has 6 heteroatoms. The van der Waals surface area contributed by atoms with Crippen molar-refractivity contribution in [2.45, 2.75) is 18.8 Å². The lowest BCUT2D eigenvalue weighted by Crippen LogP contribution is -2.30. The lowest BCUT2D eigenvalue weighted by molar-refractivity contribution is -0.138. The summed E-state index contributed by atoms with van der Waals surface area (Å²) in [5.74, 6) is -2.20. The molecule has 12 heavy (non-hydrogen) atoms. The Hall–Kier alpha value is -1.30. The standard InChI is InChI=1S/C6H14N4O2/c7-4(5(11)12)2-1-3-10-6(8)9/h4H,1-3,7H2,(H,11,12)(H4,8,9,10)/t4-/m0/s1/i1T,2T,3T,4T/t1?,2?,3?,4-. The molecule has 0 aliphatic rings. The Morgan fingerprint density at radius 3 is 2.75 bits per heavy atom. The van der Waals surface area contributed by atoms with Crippen molar-refractivity contribution in [1.29, 1.82) is 0 Å². The first kappa shape index (κ1) is 5.36. The van der Waals surface area contributed by atoms with Crippen LogP contribution in [0.1, 0.15) is 18.3 Å². The quantitative estimate of drug-likeness (QED) is 0.302. The monoisotopic (exact) mass is 182 g/mol. The average molecular weight is 182 g/mol. The second kappa shape index (κ2) is 5.36. The minimum atomic E-state index is -2.68. The number of hydrogen-bond acceptors (Lipinski definition) is 3. The van der Waals surface area contributed by atoms with Gasteiger partial charge in [-0.2, -0.15) is 0 Å². The molecule has 0 spiro atoms. The summed E-state index contributed by atoms with van der Waals surface area (Å²) in [5, 5.41) is 8.56. The van der Waals surface area contributed by atoms with Crippen molar-refractivity contribution < 1.29 is 15.4 Å². The molecule has 0 bridgehead atoms. The number of carboxylic acids is 1. The van der Waals surface area contributed by atoms with Gasteiger partial charge in [-0.3, -0.25) is 9.79 Å². The van der Waals surface area contributed by atoms with Crippen LogP contribution in [0.5, 0.6) is 0 Å². The number of aliphatic imine (C=N–C) groups is 1. The smallest absolute Gasteiger partial charge is 0.320 e. The number of nitrogens with zero attached hydrogens (tertiary/aromatic N) is 1. The molecule has 0 aliphatic carbocycles. The molecule has 0 amide bonds. The summed E-state index contributed by atoms with van der Waals surface area (Å²) < 4.78 is 29.1. The third-order valence-electron chi connectivity index (χ3n) is 0.832. The van der Waals surface area contributed by atoms with Crippen molar-refractivity contribution >= 4 is 11.9 Å². The first-order valence-corrected chi connectivity index (χ1v) is 2.98. The Kier molecular flexibility index (Phi) is 2.40. The van der Waals surface area contributed by atoms with Crippen molar-refractivity contribution in [1.82, 2.24) is 0 Å². The number of aliphatic carboxylic acids is 1. The van der Waals surface area contributed by atoms with Crippen LogP contribution in [0.15, 0.2) is 4.99 Å². The Balaban J connectivity index is 4.80. The lowest BCUT2D eigenvalue weighted by atomic mass is 10.2. The molecule has 0 aromatic heterocycles. The fourth-order valence-electron chi connectivity index (χ4n) is 0.347. The molecule has 6 nitrogen and oxygen atoms in total. The molecule has 0 saturated carbocycles. The molecule has 0 aromatic rings. The van der Waals surface area contributed by atoms with E-state index in [1.165, 1.54) is 0 Å². The van der Waals surface area contributed by atoms with Crippen LogP contribution in [0.2, 0.25) is 0 Å². The zero-order valence-corrected chi connectivity index (χ0v) is 6.27. The SMILES string of the molecule is [3H]C(N=C(N)N)C([3H])C([3H])[C@]([3H])(N)C(=O)O. The Morgan fingerprint density at radius 2 is 2.33 bits per heavy atom. The summed E-state index contributed by atoms with van der Waals surface area (Å²) >= 11 is 0. The van der Waals surface area contributed by atoms with Gasteiger partial charge in [0.25, 0.3) is 0 Å². The number of guanidine groups is 1. The van der Waals surface area contributed by atoms with E-state index >= 15 is 0 Å². The topological polar surface area (TPSA) is 128 Å². The molecule has 3 unspecified atom stereocenters. The van der Waals surface area contributed by atoms with Crippen LogP contribution in [0, 0.1) is 0 Å². The van der Waals surface area contributed by atoms with Gasteiger partial charge in [-0.05, 0) is 12.8 Å². The van der Waals surface area contributed by atoms with Gasteiger partial charge in [-0.1, -0.05) is 0 Å². The summed E-state index contributed by atoms with van der Waals surface area (Å²) in [4.78, 5) is 13.8. The molecule has 0 heterocycles. The highest BCUT2D eigenvalue weighted by atomic mass is 16.4. The molecule has 0 aliphatic heterocycles. The summed E-state index contributed by atoms with van der Waals surface area (Å²) in [6, 6.07) is -2.68. The summed E-state index contributed by atoms with van der Waals surface area (Å²) in [6.07, 6.45) is -3.49. The van der Waals surface area contributed by atoms with Gasteiger partial charge in [0.05, 0.1) is 2.74 Å². The highest BCUT2D eigenvalue weighted by Crippen LogP contribution is 1.94. The summed E-state index contributed by atoms with van der Waals surface area (Å²) in [7, 11) is 0. The van der Waals surface area contributed by atoms with Crippen molar-refractivity contribution in [2.75, 3.05) is 6.52 Å². The van der Waals surface area contributed by atoms with Gasteiger partial charge in [0.2, 0.25) is 0 Å². The number of carbonyl (C=O) groups is 1. The molecule has 0 rings (SSSR count). The van der Waals surface area contributed by atoms with E-state index in [1.54, 1.807) is 0 Å². The van der Waals surface area contributed by atoms with Crippen LogP contribution < -0.4 is 17.2 Å². The normalized spacial score (nSPS) is 27.4. The molecule has 4 atom stereocenters. The van der Waals surface area contributed by atoms with Crippen LogP contribution in [0.4, 0.5) is 0 Å². The van der Waals surface area contributed by atoms with Crippen molar-refractivity contribution in [3.05, 3.63) is 0 Å². The molecule has 0 saturated heterocycles. The van der Waals surface area contributed by atoms with Crippen molar-refractivity contribution in [3.63, 3.8) is 0 Å². The van der Waals surface area contributed by atoms with Gasteiger partial charge < -0.3 is 22.3 Å². The van der Waals surface area contributed by atoms with Gasteiger partial charge in [0, 0.05) is 9.26 Å². The molecular formula is C6H14N4O2. The first-order chi connectivity index (χ1) is 7.10. The summed E-state index contributed by atoms with van der Waals surface area (Å²) in [6.45, 7) is -1.56. The van der Waals surface area contributed by atoms with Crippen LogP contribution >= 0.6 is 0 Å². The lowest BCUT2D eigenvalue weighted by Gasteiger charge is -2.03. The van der Waals surface area contributed by atoms with E-state index < -0.39 is 37.3 Å². The molecule has 70 valence electrons. The summed E-state index contributed by atoms with van der Waals surface area (Å²) in [5.41, 5.74) is 15.0. The number of rotatable bonds is 5. The minimum Gasteiger partial charge on any atom is -0.480 e. The number of hydrogen-bond donors (Lipinski definition) is 4. The van der Waals surface area contributed by atoms with Gasteiger partial charge in [-0.25, -0.2) is 0 Å². The minimum absolute atomic E-state index is 0.452. The van der Waals surface area contributed by atoms with E-state index in [0.717, 1.165) is 0 Å². The Morgan fingerprint density at radius 1 is 1.75 bits per heavy atom. The van der Waals surface area contributed by atoms with E-state index in [0.29, 0.717) is 0 Å². The van der Waals surface area contributed by atoms with Crippen LogP contribution in [0.3, 0.4) is 0 Å².